The maximum Gasteiger partial charge on any atom is 0.232 e. The number of anilines is 1. The highest BCUT2D eigenvalue weighted by Gasteiger charge is 2.24. The van der Waals surface area contributed by atoms with Gasteiger partial charge in [-0.1, -0.05) is 35.5 Å². The third kappa shape index (κ3) is 5.26. The van der Waals surface area contributed by atoms with Crippen molar-refractivity contribution in [1.82, 2.24) is 14.8 Å². The molecule has 7 nitrogen and oxygen atoms in total. The summed E-state index contributed by atoms with van der Waals surface area (Å²) in [5.41, 5.74) is 1.45. The Morgan fingerprint density at radius 1 is 1.16 bits per heavy atom. The number of Topliss-reactive ketones (excluding diaryl/α,β-unsaturated/α-hetero) is 1. The van der Waals surface area contributed by atoms with Crippen molar-refractivity contribution in [1.29, 1.82) is 0 Å². The Labute approximate surface area is 196 Å². The molecule has 0 unspecified atom stereocenters. The quantitative estimate of drug-likeness (QED) is 0.368. The lowest BCUT2D eigenvalue weighted by Crippen LogP contribution is -2.22. The average Bonchev–Trinajstić information content (AvgIpc) is 3.47. The number of hydrogen-bond donors (Lipinski definition) is 1. The van der Waals surface area contributed by atoms with Gasteiger partial charge >= 0.3 is 0 Å². The van der Waals surface area contributed by atoms with E-state index in [0.29, 0.717) is 27.2 Å². The molecule has 2 aromatic carbocycles. The first-order chi connectivity index (χ1) is 15.5. The molecule has 9 heteroatoms. The molecule has 1 aromatic heterocycles. The minimum Gasteiger partial charge on any atom is -0.491 e. The third-order valence-corrected chi connectivity index (χ3v) is 6.60. The van der Waals surface area contributed by atoms with Crippen LogP contribution in [0.15, 0.2) is 53.7 Å². The number of benzene rings is 2. The van der Waals surface area contributed by atoms with Crippen LogP contribution in [0.2, 0.25) is 5.02 Å². The highest BCUT2D eigenvalue weighted by atomic mass is 35.5. The first-order valence-electron chi connectivity index (χ1n) is 10.5. The normalized spacial score (nSPS) is 14.5. The van der Waals surface area contributed by atoms with E-state index in [-0.39, 0.29) is 12.4 Å². The number of para-hydroxylation sites is 1. The minimum absolute atomic E-state index is 0.00363. The van der Waals surface area contributed by atoms with Crippen molar-refractivity contribution in [2.45, 2.75) is 31.0 Å². The Morgan fingerprint density at radius 2 is 1.88 bits per heavy atom. The number of aliphatic hydroxyl groups excluding tert-OH is 1. The second-order valence-corrected chi connectivity index (χ2v) is 9.01. The van der Waals surface area contributed by atoms with Gasteiger partial charge in [-0.05, 0) is 56.2 Å². The van der Waals surface area contributed by atoms with E-state index in [2.05, 4.69) is 15.1 Å². The highest BCUT2D eigenvalue weighted by Crippen LogP contribution is 2.32. The lowest BCUT2D eigenvalue weighted by atomic mass is 10.1. The van der Waals surface area contributed by atoms with Crippen LogP contribution in [-0.4, -0.2) is 57.2 Å². The van der Waals surface area contributed by atoms with Gasteiger partial charge in [-0.2, -0.15) is 0 Å². The predicted molar refractivity (Wildman–Crippen MR) is 126 cm³/mol. The van der Waals surface area contributed by atoms with Gasteiger partial charge < -0.3 is 14.7 Å². The molecule has 0 aliphatic carbocycles. The molecule has 1 aliphatic heterocycles. The zero-order valence-electron chi connectivity index (χ0n) is 17.8. The molecule has 4 rings (SSSR count). The second-order valence-electron chi connectivity index (χ2n) is 7.62. The van der Waals surface area contributed by atoms with Crippen LogP contribution in [0.4, 0.5) is 5.95 Å². The number of aromatic nitrogens is 3. The van der Waals surface area contributed by atoms with Gasteiger partial charge in [0.2, 0.25) is 5.95 Å². The van der Waals surface area contributed by atoms with E-state index in [4.69, 9.17) is 16.3 Å². The summed E-state index contributed by atoms with van der Waals surface area (Å²) in [5.74, 6) is 1.77. The molecule has 0 bridgehead atoms. The molecule has 32 heavy (non-hydrogen) atoms. The maximum atomic E-state index is 11.4. The predicted octanol–water partition coefficient (Wildman–Crippen LogP) is 4.26. The fourth-order valence-electron chi connectivity index (χ4n) is 3.52. The van der Waals surface area contributed by atoms with E-state index in [0.717, 1.165) is 37.6 Å². The fourth-order valence-corrected chi connectivity index (χ4v) is 4.58. The molecule has 0 saturated carbocycles. The number of ketones is 1. The molecule has 1 N–H and O–H groups in total. The van der Waals surface area contributed by atoms with Gasteiger partial charge in [0.25, 0.3) is 0 Å². The van der Waals surface area contributed by atoms with Crippen molar-refractivity contribution in [2.24, 2.45) is 0 Å². The van der Waals surface area contributed by atoms with Gasteiger partial charge in [0.1, 0.15) is 12.4 Å². The lowest BCUT2D eigenvalue weighted by Gasteiger charge is -2.19. The topological polar surface area (TPSA) is 80.5 Å². The van der Waals surface area contributed by atoms with E-state index in [1.54, 1.807) is 24.3 Å². The molecule has 1 saturated heterocycles. The Morgan fingerprint density at radius 3 is 2.56 bits per heavy atom. The number of thioether (sulfide) groups is 1. The van der Waals surface area contributed by atoms with Crippen LogP contribution < -0.4 is 9.64 Å². The first kappa shape index (κ1) is 22.6. The molecule has 1 fully saturated rings. The zero-order valence-corrected chi connectivity index (χ0v) is 19.3. The number of ether oxygens (including phenoxy) is 1. The second kappa shape index (κ2) is 10.4. The summed E-state index contributed by atoms with van der Waals surface area (Å²) >= 11 is 7.89. The first-order valence-corrected chi connectivity index (χ1v) is 11.9. The highest BCUT2D eigenvalue weighted by molar-refractivity contribution is 7.99. The number of rotatable bonds is 9. The maximum absolute atomic E-state index is 11.4. The van der Waals surface area contributed by atoms with E-state index < -0.39 is 6.10 Å². The van der Waals surface area contributed by atoms with Gasteiger partial charge in [-0.15, -0.1) is 10.2 Å². The number of aliphatic hydroxyl groups is 1. The van der Waals surface area contributed by atoms with Crippen molar-refractivity contribution in [3.8, 4) is 11.4 Å². The molecule has 0 spiro atoms. The molecular weight excluding hydrogens is 448 g/mol. The summed E-state index contributed by atoms with van der Waals surface area (Å²) in [4.78, 5) is 13.6. The third-order valence-electron chi connectivity index (χ3n) is 5.21. The number of halogens is 1. The van der Waals surface area contributed by atoms with Crippen LogP contribution in [0, 0.1) is 0 Å². The molecule has 0 radical (unpaired) electrons. The summed E-state index contributed by atoms with van der Waals surface area (Å²) in [6.45, 7) is 3.53. The Bertz CT molecular complexity index is 1070. The Kier molecular flexibility index (Phi) is 7.34. The lowest BCUT2D eigenvalue weighted by molar-refractivity contribution is 0.101. The summed E-state index contributed by atoms with van der Waals surface area (Å²) < 4.78 is 7.63. The molecule has 3 aromatic rings. The standard InChI is InChI=1S/C23H25ClN4O3S/c1-16(29)17-8-10-19(11-9-17)31-14-18(30)15-32-23-26-25-22(27-12-4-5-13-27)28(23)21-7-3-2-6-20(21)24/h2-3,6-11,18,30H,4-5,12-15H2,1H3/t18-/m0/s1. The summed E-state index contributed by atoms with van der Waals surface area (Å²) in [5, 5.41) is 20.6. The van der Waals surface area contributed by atoms with Crippen molar-refractivity contribution in [3.05, 3.63) is 59.1 Å². The van der Waals surface area contributed by atoms with E-state index in [1.165, 1.54) is 18.7 Å². The minimum atomic E-state index is -0.709. The number of carbonyl (C=O) groups is 1. The van der Waals surface area contributed by atoms with Crippen LogP contribution in [0.5, 0.6) is 5.75 Å². The number of nitrogens with zero attached hydrogens (tertiary/aromatic N) is 4. The van der Waals surface area contributed by atoms with Gasteiger partial charge in [0, 0.05) is 24.4 Å². The van der Waals surface area contributed by atoms with Gasteiger partial charge in [-0.25, -0.2) is 0 Å². The van der Waals surface area contributed by atoms with Crippen LogP contribution in [-0.2, 0) is 0 Å². The van der Waals surface area contributed by atoms with Crippen molar-refractivity contribution in [3.63, 3.8) is 0 Å². The van der Waals surface area contributed by atoms with Crippen LogP contribution >= 0.6 is 23.4 Å². The summed E-state index contributed by atoms with van der Waals surface area (Å²) in [6, 6.07) is 14.5. The van der Waals surface area contributed by atoms with E-state index in [1.807, 2.05) is 28.8 Å². The van der Waals surface area contributed by atoms with Gasteiger partial charge in [-0.3, -0.25) is 9.36 Å². The van der Waals surface area contributed by atoms with Crippen LogP contribution in [0.1, 0.15) is 30.1 Å². The van der Waals surface area contributed by atoms with Crippen molar-refractivity contribution < 1.29 is 14.6 Å². The largest absolute Gasteiger partial charge is 0.491 e. The summed E-state index contributed by atoms with van der Waals surface area (Å²) in [7, 11) is 0. The zero-order chi connectivity index (χ0) is 22.5. The van der Waals surface area contributed by atoms with Crippen molar-refractivity contribution >= 4 is 35.1 Å². The number of hydrogen-bond acceptors (Lipinski definition) is 7. The number of carbonyl (C=O) groups excluding carboxylic acids is 1. The van der Waals surface area contributed by atoms with Gasteiger partial charge in [0.15, 0.2) is 10.9 Å². The molecule has 2 heterocycles. The van der Waals surface area contributed by atoms with E-state index in [9.17, 15) is 9.90 Å². The smallest absolute Gasteiger partial charge is 0.232 e. The van der Waals surface area contributed by atoms with Crippen molar-refractivity contribution in [2.75, 3.05) is 30.3 Å². The molecule has 168 valence electrons. The molecule has 1 aliphatic rings. The van der Waals surface area contributed by atoms with Crippen LogP contribution in [0.3, 0.4) is 0 Å². The monoisotopic (exact) mass is 472 g/mol. The van der Waals surface area contributed by atoms with E-state index >= 15 is 0 Å². The Balaban J connectivity index is 1.43. The molecule has 1 atom stereocenters. The van der Waals surface area contributed by atoms with Gasteiger partial charge in [0.05, 0.1) is 16.8 Å². The summed E-state index contributed by atoms with van der Waals surface area (Å²) in [6.07, 6.45) is 1.54. The average molecular weight is 473 g/mol. The fraction of sp³-hybridized carbons (Fsp3) is 0.348. The molecular formula is C23H25ClN4O3S. The SMILES string of the molecule is CC(=O)c1ccc(OC[C@H](O)CSc2nnc(N3CCCC3)n2-c2ccccc2Cl)cc1. The van der Waals surface area contributed by atoms with Crippen LogP contribution in [0.25, 0.3) is 5.69 Å². The molecule has 0 amide bonds. The Hall–Kier alpha value is -2.55.